The molecule has 0 unspecified atom stereocenters. The predicted octanol–water partition coefficient (Wildman–Crippen LogP) is 35.5. The second-order valence-corrected chi connectivity index (χ2v) is 17.7. The molecule has 12 rings (SSSR count). The van der Waals surface area contributed by atoms with Gasteiger partial charge >= 0.3 is 0 Å². The van der Waals surface area contributed by atoms with E-state index in [1.54, 1.807) is 0 Å². The lowest BCUT2D eigenvalue weighted by Crippen LogP contribution is -1.85. The highest BCUT2D eigenvalue weighted by Gasteiger charge is 1.99. The molecule has 0 nitrogen and oxygen atoms in total. The minimum absolute atomic E-state index is 1.25. The zero-order valence-corrected chi connectivity index (χ0v) is 66.6. The Bertz CT molecular complexity index is 282. The largest absolute Gasteiger partial charge is 0.0683 e. The number of rotatable bonds is 0. The van der Waals surface area contributed by atoms with E-state index < -0.39 is 0 Å². The second kappa shape index (κ2) is 208. The van der Waals surface area contributed by atoms with E-state index in [1.165, 1.54) is 315 Å². The van der Waals surface area contributed by atoms with Crippen LogP contribution in [-0.2, 0) is 0 Å². The first-order chi connectivity index (χ1) is 40.4. The van der Waals surface area contributed by atoms with E-state index >= 15 is 0 Å². The molecule has 518 valence electrons. The minimum Gasteiger partial charge on any atom is -0.0683 e. The first kappa shape index (κ1) is 123. The summed E-state index contributed by atoms with van der Waals surface area (Å²) in [5.41, 5.74) is 0. The van der Waals surface area contributed by atoms with Gasteiger partial charge in [-0.05, 0) is 0 Å². The van der Waals surface area contributed by atoms with Gasteiger partial charge in [-0.25, -0.2) is 0 Å². The van der Waals surface area contributed by atoms with Gasteiger partial charge in [0.05, 0.1) is 0 Å². The van der Waals surface area contributed by atoms with E-state index in [-0.39, 0.29) is 0 Å². The Hall–Kier alpha value is 0. The molecule has 0 spiro atoms. The third-order valence-electron chi connectivity index (χ3n) is 12.0. The predicted molar refractivity (Wildman–Crippen MR) is 408 cm³/mol. The van der Waals surface area contributed by atoms with Crippen LogP contribution in [0, 0.1) is 0 Å². The average molecular weight is 1170 g/mol. The van der Waals surface area contributed by atoms with Gasteiger partial charge in [-0.1, -0.05) is 536 Å². The van der Waals surface area contributed by atoms with Crippen molar-refractivity contribution in [2.24, 2.45) is 0 Å². The van der Waals surface area contributed by atoms with Crippen LogP contribution in [0.3, 0.4) is 0 Å². The SMILES string of the molecule is C1CCC1.C1CCC1.C1CCC1.C1CCC1.C1CCC1.C1CCC1.C1CCC1.C1CCC1.C1CCC1.C1CCC1.C1CCC1.C1CCC1.CC.CC.CC.CC.CC.CC.CC.CC.CC.CC.CC.CC.CC.CC.CC.CCC. The summed E-state index contributed by atoms with van der Waals surface area (Å²) in [4.78, 5) is 0. The zero-order chi connectivity index (χ0) is 66.6. The Kier molecular flexibility index (Phi) is 315. The fourth-order valence-electron chi connectivity index (χ4n) is 3.00. The van der Waals surface area contributed by atoms with Crippen LogP contribution in [0.4, 0.5) is 0 Å². The van der Waals surface area contributed by atoms with Crippen molar-refractivity contribution in [3.8, 4) is 0 Å². The molecular weight excluding hydrogens is 973 g/mol. The molecule has 0 bridgehead atoms. The molecule has 0 aromatic carbocycles. The van der Waals surface area contributed by atoms with Gasteiger partial charge in [0.15, 0.2) is 0 Å². The Morgan fingerprint density at radius 3 is 0.0988 bits per heavy atom. The zero-order valence-electron chi connectivity index (χ0n) is 66.6. The summed E-state index contributed by atoms with van der Waals surface area (Å²) < 4.78 is 0. The summed E-state index contributed by atoms with van der Waals surface area (Å²) in [6.45, 7) is 64.2. The van der Waals surface area contributed by atoms with E-state index in [4.69, 9.17) is 0 Å². The standard InChI is InChI=1S/12C4H8.C3H8.15C2H6/c12*1-2-4-3-1;1-3-2;15*1-2/h12*1-4H2;3H2,1-2H3;15*1-2H3. The molecule has 12 aliphatic carbocycles. The van der Waals surface area contributed by atoms with Crippen molar-refractivity contribution in [3.05, 3.63) is 0 Å². The molecule has 0 N–H and O–H groups in total. The summed E-state index contributed by atoms with van der Waals surface area (Å²) in [5, 5.41) is 0. The van der Waals surface area contributed by atoms with E-state index in [0.717, 1.165) is 0 Å². The van der Waals surface area contributed by atoms with Crippen LogP contribution in [-0.4, -0.2) is 0 Å². The molecule has 12 saturated carbocycles. The molecule has 0 aliphatic heterocycles. The normalized spacial score (nSPS) is 15.6. The third kappa shape index (κ3) is 211. The van der Waals surface area contributed by atoms with Gasteiger partial charge in [0.1, 0.15) is 0 Å². The van der Waals surface area contributed by atoms with Crippen LogP contribution in [0.25, 0.3) is 0 Å². The lowest BCUT2D eigenvalue weighted by Gasteiger charge is -2.05. The van der Waals surface area contributed by atoms with Gasteiger partial charge in [0.25, 0.3) is 0 Å². The van der Waals surface area contributed by atoms with Crippen LogP contribution in [0.15, 0.2) is 0 Å². The number of hydrogen-bond donors (Lipinski definition) is 0. The van der Waals surface area contributed by atoms with Crippen LogP contribution in [0.5, 0.6) is 0 Å². The fraction of sp³-hybridized carbons (Fsp3) is 1.00. The van der Waals surface area contributed by atoms with Crippen LogP contribution in [0.1, 0.15) is 536 Å². The van der Waals surface area contributed by atoms with Gasteiger partial charge in [0.2, 0.25) is 0 Å². The van der Waals surface area contributed by atoms with Crippen molar-refractivity contribution < 1.29 is 0 Å². The molecule has 0 amide bonds. The van der Waals surface area contributed by atoms with E-state index in [9.17, 15) is 0 Å². The van der Waals surface area contributed by atoms with Crippen LogP contribution in [0.2, 0.25) is 0 Å². The molecule has 0 heterocycles. The van der Waals surface area contributed by atoms with Gasteiger partial charge in [0, 0.05) is 0 Å². The lowest BCUT2D eigenvalue weighted by molar-refractivity contribution is 0.504. The molecule has 12 fully saturated rings. The maximum absolute atomic E-state index is 2.12. The van der Waals surface area contributed by atoms with Crippen molar-refractivity contribution in [2.75, 3.05) is 0 Å². The van der Waals surface area contributed by atoms with Crippen LogP contribution >= 0.6 is 0 Å². The molecule has 0 saturated heterocycles. The highest BCUT2D eigenvalue weighted by molar-refractivity contribution is 4.55. The Labute approximate surface area is 533 Å². The van der Waals surface area contributed by atoms with Crippen molar-refractivity contribution >= 4 is 0 Å². The van der Waals surface area contributed by atoms with Crippen molar-refractivity contribution in [1.29, 1.82) is 0 Å². The maximum Gasteiger partial charge on any atom is -0.0533 e. The van der Waals surface area contributed by atoms with Gasteiger partial charge in [-0.2, -0.15) is 0 Å². The summed E-state index contributed by atoms with van der Waals surface area (Å²) in [6.07, 6.45) is 73.2. The van der Waals surface area contributed by atoms with Gasteiger partial charge < -0.3 is 0 Å². The average Bonchev–Trinajstić information content (AvgIpc) is 3.33. The van der Waals surface area contributed by atoms with E-state index in [0.29, 0.717) is 0 Å². The first-order valence-electron chi connectivity index (χ1n) is 40.4. The van der Waals surface area contributed by atoms with Crippen LogP contribution < -0.4 is 0 Å². The third-order valence-corrected chi connectivity index (χ3v) is 12.0. The molecule has 0 heteroatoms. The molecule has 0 atom stereocenters. The highest BCUT2D eigenvalue weighted by Crippen LogP contribution is 2.19. The Morgan fingerprint density at radius 1 is 0.0864 bits per heavy atom. The summed E-state index contributed by atoms with van der Waals surface area (Å²) in [6, 6.07) is 0. The molecule has 0 aromatic rings. The van der Waals surface area contributed by atoms with E-state index in [2.05, 4.69) is 13.8 Å². The lowest BCUT2D eigenvalue weighted by atomic mass is 10.0. The molecule has 81 heavy (non-hydrogen) atoms. The van der Waals surface area contributed by atoms with Crippen molar-refractivity contribution in [1.82, 2.24) is 0 Å². The van der Waals surface area contributed by atoms with Crippen molar-refractivity contribution in [3.63, 3.8) is 0 Å². The number of hydrogen-bond acceptors (Lipinski definition) is 0. The molecule has 0 aromatic heterocycles. The molecule has 12 aliphatic rings. The Morgan fingerprint density at radius 2 is 0.0988 bits per heavy atom. The second-order valence-electron chi connectivity index (χ2n) is 17.7. The molecular formula is C81H194. The summed E-state index contributed by atoms with van der Waals surface area (Å²) >= 11 is 0. The van der Waals surface area contributed by atoms with Crippen molar-refractivity contribution in [2.45, 2.75) is 536 Å². The fourth-order valence-corrected chi connectivity index (χ4v) is 3.00. The summed E-state index contributed by atoms with van der Waals surface area (Å²) in [7, 11) is 0. The summed E-state index contributed by atoms with van der Waals surface area (Å²) in [5.74, 6) is 0. The van der Waals surface area contributed by atoms with E-state index in [1.807, 2.05) is 208 Å². The molecule has 0 radical (unpaired) electrons. The topological polar surface area (TPSA) is 0 Å². The first-order valence-corrected chi connectivity index (χ1v) is 40.4. The van der Waals surface area contributed by atoms with Gasteiger partial charge in [-0.15, -0.1) is 0 Å². The minimum atomic E-state index is 1.25. The Balaban J connectivity index is -0.0000000389. The monoisotopic (exact) mass is 1170 g/mol. The highest BCUT2D eigenvalue weighted by atomic mass is 14.1. The maximum atomic E-state index is 2.12. The smallest absolute Gasteiger partial charge is 0.0533 e. The van der Waals surface area contributed by atoms with Gasteiger partial charge in [-0.3, -0.25) is 0 Å². The quantitative estimate of drug-likeness (QED) is 0.227.